The zero-order valence-corrected chi connectivity index (χ0v) is 10.6. The Kier molecular flexibility index (Phi) is 4.83. The maximum absolute atomic E-state index is 13.5. The Hall–Kier alpha value is -0.520. The number of aliphatic hydroxyl groups is 1. The van der Waals surface area contributed by atoms with Gasteiger partial charge < -0.3 is 9.84 Å². The molecule has 1 unspecified atom stereocenters. The molecule has 0 spiro atoms. The van der Waals surface area contributed by atoms with E-state index in [1.54, 1.807) is 13.8 Å². The van der Waals surface area contributed by atoms with Gasteiger partial charge in [-0.25, -0.2) is 8.78 Å². The highest BCUT2D eigenvalue weighted by atomic mass is 79.9. The molecule has 0 radical (unpaired) electrons. The Morgan fingerprint density at radius 1 is 1.38 bits per heavy atom. The molecule has 1 aromatic carbocycles. The highest BCUT2D eigenvalue weighted by Crippen LogP contribution is 2.27. The fourth-order valence-electron chi connectivity index (χ4n) is 1.22. The lowest BCUT2D eigenvalue weighted by Crippen LogP contribution is -2.14. The first-order chi connectivity index (χ1) is 7.43. The van der Waals surface area contributed by atoms with Crippen LogP contribution in [-0.2, 0) is 4.74 Å². The van der Waals surface area contributed by atoms with Gasteiger partial charge in [0.25, 0.3) is 0 Å². The molecule has 1 aromatic rings. The largest absolute Gasteiger partial charge is 0.386 e. The second-order valence-electron chi connectivity index (χ2n) is 3.65. The Morgan fingerprint density at radius 2 is 2.00 bits per heavy atom. The van der Waals surface area contributed by atoms with Crippen molar-refractivity contribution in [1.82, 2.24) is 0 Å². The average Bonchev–Trinajstić information content (AvgIpc) is 2.21. The predicted octanol–water partition coefficient (Wildman–Crippen LogP) is 3.19. The number of ether oxygens (including phenoxy) is 1. The highest BCUT2D eigenvalue weighted by Gasteiger charge is 2.20. The lowest BCUT2D eigenvalue weighted by Gasteiger charge is -2.15. The van der Waals surface area contributed by atoms with E-state index in [-0.39, 0.29) is 22.7 Å². The molecular formula is C11H13BrF2O2. The first kappa shape index (κ1) is 13.5. The third-order valence-corrected chi connectivity index (χ3v) is 2.61. The standard InChI is InChI=1S/C11H13BrF2O2/c1-6(2)16-5-9(15)10-8(13)4-3-7(12)11(10)14/h3-4,6,9,15H,5H2,1-2H3. The number of benzene rings is 1. The van der Waals surface area contributed by atoms with Crippen molar-refractivity contribution in [3.8, 4) is 0 Å². The van der Waals surface area contributed by atoms with E-state index in [0.717, 1.165) is 6.07 Å². The quantitative estimate of drug-likeness (QED) is 0.864. The molecule has 5 heteroatoms. The van der Waals surface area contributed by atoms with E-state index in [4.69, 9.17) is 4.74 Å². The van der Waals surface area contributed by atoms with Crippen molar-refractivity contribution in [3.05, 3.63) is 33.8 Å². The molecule has 1 N–H and O–H groups in total. The highest BCUT2D eigenvalue weighted by molar-refractivity contribution is 9.10. The van der Waals surface area contributed by atoms with Crippen molar-refractivity contribution in [3.63, 3.8) is 0 Å². The molecule has 0 aliphatic carbocycles. The molecule has 0 amide bonds. The number of rotatable bonds is 4. The molecule has 0 aromatic heterocycles. The van der Waals surface area contributed by atoms with Gasteiger partial charge in [0.1, 0.15) is 17.7 Å². The molecular weight excluding hydrogens is 282 g/mol. The number of hydrogen-bond donors (Lipinski definition) is 1. The zero-order valence-electron chi connectivity index (χ0n) is 9.01. The van der Waals surface area contributed by atoms with Crippen LogP contribution in [0, 0.1) is 11.6 Å². The molecule has 0 aliphatic rings. The van der Waals surface area contributed by atoms with Crippen LogP contribution in [0.3, 0.4) is 0 Å². The molecule has 0 aliphatic heterocycles. The molecule has 1 atom stereocenters. The summed E-state index contributed by atoms with van der Waals surface area (Å²) in [4.78, 5) is 0. The Balaban J connectivity index is 2.90. The molecule has 2 nitrogen and oxygen atoms in total. The molecule has 0 bridgehead atoms. The van der Waals surface area contributed by atoms with E-state index in [0.29, 0.717) is 0 Å². The van der Waals surface area contributed by atoms with Gasteiger partial charge in [0.2, 0.25) is 0 Å². The summed E-state index contributed by atoms with van der Waals surface area (Å²) in [5, 5.41) is 9.63. The summed E-state index contributed by atoms with van der Waals surface area (Å²) >= 11 is 2.93. The zero-order chi connectivity index (χ0) is 12.3. The normalized spacial score (nSPS) is 13.2. The monoisotopic (exact) mass is 294 g/mol. The molecule has 16 heavy (non-hydrogen) atoms. The molecule has 0 saturated carbocycles. The summed E-state index contributed by atoms with van der Waals surface area (Å²) in [5.74, 6) is -1.57. The van der Waals surface area contributed by atoms with Crippen LogP contribution in [0.2, 0.25) is 0 Å². The topological polar surface area (TPSA) is 29.5 Å². The minimum atomic E-state index is -1.31. The minimum absolute atomic E-state index is 0.104. The summed E-state index contributed by atoms with van der Waals surface area (Å²) in [6.45, 7) is 3.42. The van der Waals surface area contributed by atoms with Crippen molar-refractivity contribution >= 4 is 15.9 Å². The van der Waals surface area contributed by atoms with Crippen LogP contribution in [0.15, 0.2) is 16.6 Å². The average molecular weight is 295 g/mol. The van der Waals surface area contributed by atoms with Crippen LogP contribution in [0.5, 0.6) is 0 Å². The first-order valence-corrected chi connectivity index (χ1v) is 5.65. The second-order valence-corrected chi connectivity index (χ2v) is 4.51. The minimum Gasteiger partial charge on any atom is -0.386 e. The van der Waals surface area contributed by atoms with Gasteiger partial charge in [-0.2, -0.15) is 0 Å². The summed E-state index contributed by atoms with van der Waals surface area (Å²) in [5.41, 5.74) is -0.366. The fraction of sp³-hybridized carbons (Fsp3) is 0.455. The van der Waals surface area contributed by atoms with Gasteiger partial charge in [-0.1, -0.05) is 0 Å². The van der Waals surface area contributed by atoms with Crippen molar-refractivity contribution in [2.75, 3.05) is 6.61 Å². The summed E-state index contributed by atoms with van der Waals surface area (Å²) in [7, 11) is 0. The van der Waals surface area contributed by atoms with E-state index >= 15 is 0 Å². The third kappa shape index (κ3) is 3.23. The van der Waals surface area contributed by atoms with E-state index in [2.05, 4.69) is 15.9 Å². The summed E-state index contributed by atoms with van der Waals surface area (Å²) in [6, 6.07) is 2.35. The molecule has 0 heterocycles. The van der Waals surface area contributed by atoms with Gasteiger partial charge in [0.05, 0.1) is 22.7 Å². The fourth-order valence-corrected chi connectivity index (χ4v) is 1.56. The van der Waals surface area contributed by atoms with Gasteiger partial charge in [-0.15, -0.1) is 0 Å². The Labute approximate surface area is 101 Å². The third-order valence-electron chi connectivity index (χ3n) is 2.00. The van der Waals surface area contributed by atoms with E-state index < -0.39 is 17.7 Å². The van der Waals surface area contributed by atoms with Crippen LogP contribution in [0.4, 0.5) is 8.78 Å². The second kappa shape index (κ2) is 5.70. The molecule has 0 fully saturated rings. The Bertz CT molecular complexity index is 369. The maximum atomic E-state index is 13.5. The van der Waals surface area contributed by atoms with Crippen LogP contribution < -0.4 is 0 Å². The van der Waals surface area contributed by atoms with Gasteiger partial charge in [0.15, 0.2) is 0 Å². The summed E-state index contributed by atoms with van der Waals surface area (Å²) < 4.78 is 32.1. The van der Waals surface area contributed by atoms with E-state index in [1.807, 2.05) is 0 Å². The molecule has 0 saturated heterocycles. The predicted molar refractivity (Wildman–Crippen MR) is 60.1 cm³/mol. The van der Waals surface area contributed by atoms with Crippen molar-refractivity contribution < 1.29 is 18.6 Å². The molecule has 1 rings (SSSR count). The molecule has 90 valence electrons. The van der Waals surface area contributed by atoms with Gasteiger partial charge >= 0.3 is 0 Å². The number of aliphatic hydroxyl groups excluding tert-OH is 1. The smallest absolute Gasteiger partial charge is 0.146 e. The van der Waals surface area contributed by atoms with E-state index in [9.17, 15) is 13.9 Å². The lowest BCUT2D eigenvalue weighted by molar-refractivity contribution is 0.00211. The SMILES string of the molecule is CC(C)OCC(O)c1c(F)ccc(Br)c1F. The van der Waals surface area contributed by atoms with Gasteiger partial charge in [-0.3, -0.25) is 0 Å². The van der Waals surface area contributed by atoms with Gasteiger partial charge in [-0.05, 0) is 41.9 Å². The van der Waals surface area contributed by atoms with Crippen LogP contribution in [0.1, 0.15) is 25.5 Å². The van der Waals surface area contributed by atoms with Crippen molar-refractivity contribution in [1.29, 1.82) is 0 Å². The maximum Gasteiger partial charge on any atom is 0.146 e. The van der Waals surface area contributed by atoms with Gasteiger partial charge in [0, 0.05) is 0 Å². The number of halogens is 3. The van der Waals surface area contributed by atoms with E-state index in [1.165, 1.54) is 6.07 Å². The Morgan fingerprint density at radius 3 is 2.56 bits per heavy atom. The lowest BCUT2D eigenvalue weighted by atomic mass is 10.1. The first-order valence-electron chi connectivity index (χ1n) is 4.86. The summed E-state index contributed by atoms with van der Waals surface area (Å²) in [6.07, 6.45) is -1.41. The van der Waals surface area contributed by atoms with Crippen LogP contribution in [-0.4, -0.2) is 17.8 Å². The van der Waals surface area contributed by atoms with Crippen molar-refractivity contribution in [2.45, 2.75) is 26.1 Å². The number of hydrogen-bond acceptors (Lipinski definition) is 2. The van der Waals surface area contributed by atoms with Crippen LogP contribution >= 0.6 is 15.9 Å². The van der Waals surface area contributed by atoms with Crippen molar-refractivity contribution in [2.24, 2.45) is 0 Å². The van der Waals surface area contributed by atoms with Crippen LogP contribution in [0.25, 0.3) is 0 Å².